The van der Waals surface area contributed by atoms with Crippen molar-refractivity contribution in [1.82, 2.24) is 9.55 Å². The highest BCUT2D eigenvalue weighted by Crippen LogP contribution is 2.35. The van der Waals surface area contributed by atoms with Gasteiger partial charge in [-0.2, -0.15) is 0 Å². The second-order valence-electron chi connectivity index (χ2n) is 6.95. The van der Waals surface area contributed by atoms with Crippen LogP contribution in [0, 0.1) is 0 Å². The number of phenolic OH excluding ortho intramolecular Hbond substituents is 1. The number of fused-ring (bicyclic) bond motifs is 6. The van der Waals surface area contributed by atoms with Gasteiger partial charge in [-0.15, -0.1) is 0 Å². The largest absolute Gasteiger partial charge is 0.508 e. The lowest BCUT2D eigenvalue weighted by molar-refractivity contribution is 0.476. The van der Waals surface area contributed by atoms with Crippen LogP contribution >= 0.6 is 0 Å². The minimum absolute atomic E-state index is 0.208. The second kappa shape index (κ2) is 5.39. The zero-order chi connectivity index (χ0) is 18.8. The molecule has 130 valence electrons. The monoisotopic (exact) mass is 360 g/mol. The zero-order valence-corrected chi connectivity index (χ0v) is 14.8. The third-order valence-electron chi connectivity index (χ3n) is 5.25. The molecule has 3 aromatic carbocycles. The Hall–Kier alpha value is -3.73. The molecule has 2 radical (unpaired) electrons. The molecule has 4 nitrogen and oxygen atoms in total. The summed E-state index contributed by atoms with van der Waals surface area (Å²) in [5.74, 6) is 0.966. The Morgan fingerprint density at radius 1 is 0.786 bits per heavy atom. The highest BCUT2D eigenvalue weighted by molar-refractivity contribution is 6.34. The molecule has 6 aromatic rings. The predicted molar refractivity (Wildman–Crippen MR) is 113 cm³/mol. The minimum atomic E-state index is 0.208. The van der Waals surface area contributed by atoms with E-state index in [1.807, 2.05) is 59.2 Å². The zero-order valence-electron chi connectivity index (χ0n) is 14.8. The van der Waals surface area contributed by atoms with Crippen LogP contribution in [0.1, 0.15) is 0 Å². The van der Waals surface area contributed by atoms with Crippen molar-refractivity contribution in [2.75, 3.05) is 0 Å². The molecular formula is C23H13BN2O2. The number of pyridine rings is 1. The lowest BCUT2D eigenvalue weighted by Crippen LogP contribution is -2.01. The topological polar surface area (TPSA) is 51.2 Å². The molecule has 0 aliphatic rings. The first-order valence-electron chi connectivity index (χ1n) is 8.99. The van der Waals surface area contributed by atoms with Gasteiger partial charge in [-0.3, -0.25) is 4.57 Å². The van der Waals surface area contributed by atoms with Crippen LogP contribution in [0.4, 0.5) is 0 Å². The van der Waals surface area contributed by atoms with Gasteiger partial charge in [0, 0.05) is 27.6 Å². The number of phenols is 1. The Morgan fingerprint density at radius 3 is 2.61 bits per heavy atom. The second-order valence-corrected chi connectivity index (χ2v) is 6.95. The maximum atomic E-state index is 10.1. The fraction of sp³-hybridized carbons (Fsp3) is 0. The average molecular weight is 360 g/mol. The van der Waals surface area contributed by atoms with Crippen LogP contribution in [-0.2, 0) is 0 Å². The number of rotatable bonds is 1. The van der Waals surface area contributed by atoms with Gasteiger partial charge in [0.05, 0.1) is 17.2 Å². The molecule has 0 saturated carbocycles. The van der Waals surface area contributed by atoms with Gasteiger partial charge in [-0.05, 0) is 30.3 Å². The highest BCUT2D eigenvalue weighted by Gasteiger charge is 2.15. The molecule has 0 unspecified atom stereocenters. The molecule has 0 aliphatic heterocycles. The molecule has 0 fully saturated rings. The van der Waals surface area contributed by atoms with Crippen LogP contribution in [0.2, 0.25) is 0 Å². The van der Waals surface area contributed by atoms with Gasteiger partial charge in [0.2, 0.25) is 0 Å². The van der Waals surface area contributed by atoms with Crippen molar-refractivity contribution < 1.29 is 9.52 Å². The van der Waals surface area contributed by atoms with Gasteiger partial charge < -0.3 is 9.52 Å². The first-order chi connectivity index (χ1) is 13.7. The van der Waals surface area contributed by atoms with Crippen LogP contribution in [0.25, 0.3) is 49.6 Å². The summed E-state index contributed by atoms with van der Waals surface area (Å²) in [6.07, 6.45) is 1.75. The highest BCUT2D eigenvalue weighted by atomic mass is 16.3. The normalized spacial score (nSPS) is 11.9. The Labute approximate surface area is 161 Å². The van der Waals surface area contributed by atoms with Gasteiger partial charge in [0.25, 0.3) is 0 Å². The van der Waals surface area contributed by atoms with E-state index in [0.29, 0.717) is 5.46 Å². The molecule has 28 heavy (non-hydrogen) atoms. The number of aromatic nitrogens is 2. The maximum absolute atomic E-state index is 10.1. The first-order valence-corrected chi connectivity index (χ1v) is 8.99. The smallest absolute Gasteiger partial charge is 0.153 e. The summed E-state index contributed by atoms with van der Waals surface area (Å²) < 4.78 is 7.95. The first kappa shape index (κ1) is 15.3. The van der Waals surface area contributed by atoms with E-state index in [1.54, 1.807) is 18.3 Å². The van der Waals surface area contributed by atoms with Gasteiger partial charge >= 0.3 is 0 Å². The number of para-hydroxylation sites is 1. The van der Waals surface area contributed by atoms with Crippen molar-refractivity contribution in [3.8, 4) is 11.6 Å². The molecule has 0 amide bonds. The maximum Gasteiger partial charge on any atom is 0.153 e. The Kier molecular flexibility index (Phi) is 2.96. The summed E-state index contributed by atoms with van der Waals surface area (Å²) >= 11 is 0. The van der Waals surface area contributed by atoms with Crippen LogP contribution < -0.4 is 5.46 Å². The molecule has 6 rings (SSSR count). The van der Waals surface area contributed by atoms with Crippen LogP contribution in [-0.4, -0.2) is 22.5 Å². The Morgan fingerprint density at radius 2 is 1.68 bits per heavy atom. The Balaban J connectivity index is 1.76. The number of nitrogens with zero attached hydrogens (tertiary/aromatic N) is 2. The molecule has 5 heteroatoms. The summed E-state index contributed by atoms with van der Waals surface area (Å²) in [6, 6.07) is 21.2. The quantitative estimate of drug-likeness (QED) is 0.437. The van der Waals surface area contributed by atoms with Crippen molar-refractivity contribution in [1.29, 1.82) is 0 Å². The van der Waals surface area contributed by atoms with E-state index in [1.165, 1.54) is 0 Å². The van der Waals surface area contributed by atoms with Crippen LogP contribution in [0.15, 0.2) is 77.3 Å². The predicted octanol–water partition coefficient (Wildman–Crippen LogP) is 4.58. The summed E-state index contributed by atoms with van der Waals surface area (Å²) in [5.41, 5.74) is 4.14. The van der Waals surface area contributed by atoms with Crippen molar-refractivity contribution in [3.63, 3.8) is 0 Å². The van der Waals surface area contributed by atoms with Crippen LogP contribution in [0.3, 0.4) is 0 Å². The van der Waals surface area contributed by atoms with Crippen molar-refractivity contribution >= 4 is 57.1 Å². The van der Waals surface area contributed by atoms with Crippen molar-refractivity contribution in [3.05, 3.63) is 72.9 Å². The summed E-state index contributed by atoms with van der Waals surface area (Å²) in [5, 5.41) is 14.2. The van der Waals surface area contributed by atoms with E-state index in [9.17, 15) is 5.11 Å². The molecular weight excluding hydrogens is 347 g/mol. The average Bonchev–Trinajstić information content (AvgIpc) is 3.22. The third kappa shape index (κ3) is 2.04. The molecule has 3 aromatic heterocycles. The lowest BCUT2D eigenvalue weighted by Gasteiger charge is -2.07. The van der Waals surface area contributed by atoms with E-state index in [-0.39, 0.29) is 5.75 Å². The van der Waals surface area contributed by atoms with E-state index in [4.69, 9.17) is 12.3 Å². The number of furan rings is 1. The van der Waals surface area contributed by atoms with E-state index >= 15 is 0 Å². The van der Waals surface area contributed by atoms with E-state index < -0.39 is 0 Å². The van der Waals surface area contributed by atoms with Crippen LogP contribution in [0.5, 0.6) is 5.75 Å². The standard InChI is InChI=1S/C23H13BN2O2/c24-13-5-8-19-17(9-13)15-7-6-14(27)10-20(15)26(19)23-11-18-16-3-1-2-4-21(16)28-22(18)12-25-23/h1-12,27H. The Bertz CT molecular complexity index is 1550. The van der Waals surface area contributed by atoms with Gasteiger partial charge in [0.1, 0.15) is 25.0 Å². The van der Waals surface area contributed by atoms with Crippen molar-refractivity contribution in [2.24, 2.45) is 0 Å². The van der Waals surface area contributed by atoms with E-state index in [2.05, 4.69) is 4.98 Å². The van der Waals surface area contributed by atoms with Gasteiger partial charge in [-0.1, -0.05) is 35.8 Å². The SMILES string of the molecule is [B]c1ccc2c(c1)c1ccc(O)cc1n2-c1cc2c(cn1)oc1ccccc12. The third-order valence-corrected chi connectivity index (χ3v) is 5.25. The van der Waals surface area contributed by atoms with Gasteiger partial charge in [-0.25, -0.2) is 4.98 Å². The molecule has 0 atom stereocenters. The number of hydrogen-bond acceptors (Lipinski definition) is 3. The summed E-state index contributed by atoms with van der Waals surface area (Å²) in [7, 11) is 6.03. The number of benzene rings is 3. The molecule has 0 aliphatic carbocycles. The lowest BCUT2D eigenvalue weighted by atomic mass is 9.94. The minimum Gasteiger partial charge on any atom is -0.508 e. The molecule has 3 heterocycles. The fourth-order valence-corrected chi connectivity index (χ4v) is 4.02. The summed E-state index contributed by atoms with van der Waals surface area (Å²) in [4.78, 5) is 4.65. The molecule has 1 N–H and O–H groups in total. The van der Waals surface area contributed by atoms with Crippen molar-refractivity contribution in [2.45, 2.75) is 0 Å². The van der Waals surface area contributed by atoms with E-state index in [0.717, 1.165) is 49.6 Å². The molecule has 0 spiro atoms. The number of hydrogen-bond donors (Lipinski definition) is 1. The summed E-state index contributed by atoms with van der Waals surface area (Å²) in [6.45, 7) is 0. The molecule has 0 saturated heterocycles. The number of aromatic hydroxyl groups is 1. The molecule has 0 bridgehead atoms. The fourth-order valence-electron chi connectivity index (χ4n) is 4.02. The van der Waals surface area contributed by atoms with Gasteiger partial charge in [0.15, 0.2) is 5.58 Å².